The minimum absolute atomic E-state index is 0. The maximum Gasteiger partial charge on any atom is 2.00 e. The van der Waals surface area contributed by atoms with Crippen molar-refractivity contribution in [2.24, 2.45) is 5.73 Å². The van der Waals surface area contributed by atoms with Gasteiger partial charge in [0.2, 0.25) is 5.91 Å². The van der Waals surface area contributed by atoms with Gasteiger partial charge in [-0.15, -0.1) is 0 Å². The number of amides is 1. The van der Waals surface area contributed by atoms with Crippen LogP contribution < -0.4 is 21.7 Å². The van der Waals surface area contributed by atoms with E-state index in [1.54, 1.807) is 4.90 Å². The molecule has 0 spiro atoms. The van der Waals surface area contributed by atoms with Gasteiger partial charge in [0, 0.05) is 58.8 Å². The smallest absolute Gasteiger partial charge is 0.481 e. The third-order valence-corrected chi connectivity index (χ3v) is 3.37. The molecule has 0 aromatic heterocycles. The number of hydrogen-bond acceptors (Lipinski definition) is 6. The average Bonchev–Trinajstić information content (AvgIpc) is 2.44. The van der Waals surface area contributed by atoms with Crippen LogP contribution in [0.25, 0.3) is 0 Å². The molecule has 130 valence electrons. The van der Waals surface area contributed by atoms with Crippen LogP contribution in [0.15, 0.2) is 0 Å². The maximum absolute atomic E-state index is 12.3. The fraction of sp³-hybridized carbons (Fsp3) is 0.846. The number of nitrogens with two attached hydrogens (primary N) is 1. The molecule has 1 aliphatic rings. The molecule has 9 nitrogen and oxygen atoms in total. The van der Waals surface area contributed by atoms with Crippen molar-refractivity contribution in [3.8, 4) is 0 Å². The van der Waals surface area contributed by atoms with Crippen LogP contribution in [0.5, 0.6) is 0 Å². The van der Waals surface area contributed by atoms with Crippen LogP contribution in [-0.2, 0) is 29.1 Å². The summed E-state index contributed by atoms with van der Waals surface area (Å²) in [5, 5.41) is 18.5. The molecule has 1 aliphatic heterocycles. The number of carboxylic acids is 1. The molecular formula is C13H29N5O4Zn+2. The number of carbonyl (C=O) groups excluding carboxylic acids is 1. The molecule has 0 aromatic carbocycles. The van der Waals surface area contributed by atoms with Crippen molar-refractivity contribution in [2.45, 2.75) is 18.9 Å². The third-order valence-electron chi connectivity index (χ3n) is 3.37. The molecule has 0 saturated carbocycles. The van der Waals surface area contributed by atoms with E-state index in [1.807, 2.05) is 0 Å². The fourth-order valence-corrected chi connectivity index (χ4v) is 2.13. The number of rotatable bonds is 4. The van der Waals surface area contributed by atoms with Gasteiger partial charge in [-0.05, 0) is 6.42 Å². The standard InChI is InChI=1S/C13H27N5O3.H2O.Zn/c14-11(1-2-12(19)20)13(21)18-9-7-16-5-3-15-4-6-17-8-10-18;;/h11,15-17H,1-10,14H2,(H,19,20);1H2;/q;;+2/t11-;;/m0../s1. The molecule has 0 aromatic rings. The molecule has 1 atom stereocenters. The Balaban J connectivity index is 0. The van der Waals surface area contributed by atoms with Gasteiger partial charge in [-0.3, -0.25) is 9.59 Å². The number of nitrogens with zero attached hydrogens (tertiary/aromatic N) is 1. The van der Waals surface area contributed by atoms with Crippen molar-refractivity contribution in [3.63, 3.8) is 0 Å². The van der Waals surface area contributed by atoms with Crippen molar-refractivity contribution in [1.82, 2.24) is 20.9 Å². The Kier molecular flexibility index (Phi) is 16.0. The molecule has 23 heavy (non-hydrogen) atoms. The second kappa shape index (κ2) is 14.9. The number of aliphatic carboxylic acids is 1. The summed E-state index contributed by atoms with van der Waals surface area (Å²) in [5.74, 6) is -1.10. The van der Waals surface area contributed by atoms with E-state index in [9.17, 15) is 9.59 Å². The van der Waals surface area contributed by atoms with E-state index in [1.165, 1.54) is 0 Å². The van der Waals surface area contributed by atoms with Crippen molar-refractivity contribution in [3.05, 3.63) is 0 Å². The Hall–Kier alpha value is -0.637. The molecule has 8 N–H and O–H groups in total. The van der Waals surface area contributed by atoms with Crippen LogP contribution in [0.4, 0.5) is 0 Å². The van der Waals surface area contributed by atoms with Crippen LogP contribution in [0, 0.1) is 0 Å². The molecule has 1 heterocycles. The number of carbonyl (C=O) groups is 2. The summed E-state index contributed by atoms with van der Waals surface area (Å²) >= 11 is 0. The van der Waals surface area contributed by atoms with Crippen molar-refractivity contribution >= 4 is 11.9 Å². The van der Waals surface area contributed by atoms with Crippen molar-refractivity contribution in [2.75, 3.05) is 52.4 Å². The van der Waals surface area contributed by atoms with Gasteiger partial charge in [-0.25, -0.2) is 0 Å². The molecule has 1 saturated heterocycles. The van der Waals surface area contributed by atoms with Crippen LogP contribution in [0.3, 0.4) is 0 Å². The first kappa shape index (κ1) is 24.6. The summed E-state index contributed by atoms with van der Waals surface area (Å²) in [7, 11) is 0. The number of carboxylic acid groups (broad SMARTS) is 1. The predicted molar refractivity (Wildman–Crippen MR) is 83.6 cm³/mol. The Bertz CT molecular complexity index is 323. The van der Waals surface area contributed by atoms with Gasteiger partial charge in [0.05, 0.1) is 6.04 Å². The van der Waals surface area contributed by atoms with Gasteiger partial charge in [0.1, 0.15) is 0 Å². The Morgan fingerprint density at radius 3 is 1.87 bits per heavy atom. The summed E-state index contributed by atoms with van der Waals surface area (Å²) in [5.41, 5.74) is 5.81. The van der Waals surface area contributed by atoms with Crippen molar-refractivity contribution in [1.29, 1.82) is 0 Å². The van der Waals surface area contributed by atoms with Crippen molar-refractivity contribution < 1.29 is 39.6 Å². The molecular weight excluding hydrogens is 356 g/mol. The van der Waals surface area contributed by atoms with Gasteiger partial charge in [-0.1, -0.05) is 0 Å². The Morgan fingerprint density at radius 1 is 1.00 bits per heavy atom. The number of hydrogen-bond donors (Lipinski definition) is 5. The van der Waals surface area contributed by atoms with Crippen LogP contribution >= 0.6 is 0 Å². The molecule has 0 radical (unpaired) electrons. The number of nitrogens with one attached hydrogen (secondary N) is 3. The molecule has 10 heteroatoms. The monoisotopic (exact) mass is 383 g/mol. The molecule has 0 aliphatic carbocycles. The first-order valence-corrected chi connectivity index (χ1v) is 7.49. The van der Waals surface area contributed by atoms with E-state index in [4.69, 9.17) is 10.8 Å². The minimum Gasteiger partial charge on any atom is -0.481 e. The van der Waals surface area contributed by atoms with E-state index in [0.29, 0.717) is 26.2 Å². The largest absolute Gasteiger partial charge is 2.00 e. The molecule has 0 bridgehead atoms. The van der Waals surface area contributed by atoms with Crippen LogP contribution in [0.1, 0.15) is 12.8 Å². The first-order valence-electron chi connectivity index (χ1n) is 7.49. The van der Waals surface area contributed by atoms with Crippen LogP contribution in [0.2, 0.25) is 0 Å². The normalized spacial score (nSPS) is 18.4. The van der Waals surface area contributed by atoms with E-state index >= 15 is 0 Å². The Labute approximate surface area is 149 Å². The molecule has 0 unspecified atom stereocenters. The maximum atomic E-state index is 12.3. The zero-order valence-corrected chi connectivity index (χ0v) is 16.6. The van der Waals surface area contributed by atoms with Crippen LogP contribution in [-0.4, -0.2) is 85.8 Å². The SMILES string of the molecule is N[C@@H](CCC(=O)O)C(=O)N1CCNCCNCCNCC1.O.[Zn+2]. The summed E-state index contributed by atoms with van der Waals surface area (Å²) in [4.78, 5) is 24.5. The summed E-state index contributed by atoms with van der Waals surface area (Å²) in [6.45, 7) is 6.09. The van der Waals surface area contributed by atoms with Gasteiger partial charge < -0.3 is 37.2 Å². The predicted octanol–water partition coefficient (Wildman–Crippen LogP) is -3.04. The van der Waals surface area contributed by atoms with Gasteiger partial charge in [0.25, 0.3) is 0 Å². The quantitative estimate of drug-likeness (QED) is 0.323. The minimum atomic E-state index is -0.928. The third kappa shape index (κ3) is 11.5. The first-order chi connectivity index (χ1) is 10.1. The average molecular weight is 385 g/mol. The zero-order chi connectivity index (χ0) is 15.5. The van der Waals surface area contributed by atoms with Gasteiger partial charge in [0.15, 0.2) is 0 Å². The van der Waals surface area contributed by atoms with E-state index in [-0.39, 0.29) is 43.7 Å². The van der Waals surface area contributed by atoms with Gasteiger partial charge in [-0.2, -0.15) is 0 Å². The second-order valence-electron chi connectivity index (χ2n) is 5.11. The van der Waals surface area contributed by atoms with E-state index < -0.39 is 12.0 Å². The second-order valence-corrected chi connectivity index (χ2v) is 5.11. The fourth-order valence-electron chi connectivity index (χ4n) is 2.13. The van der Waals surface area contributed by atoms with Gasteiger partial charge >= 0.3 is 25.4 Å². The molecule has 1 fully saturated rings. The molecule has 1 amide bonds. The molecule has 1 rings (SSSR count). The topological polar surface area (TPSA) is 151 Å². The summed E-state index contributed by atoms with van der Waals surface area (Å²) in [6.07, 6.45) is 0.0956. The van der Waals surface area contributed by atoms with E-state index in [0.717, 1.165) is 26.2 Å². The summed E-state index contributed by atoms with van der Waals surface area (Å²) in [6, 6.07) is -0.740. The Morgan fingerprint density at radius 2 is 1.43 bits per heavy atom. The summed E-state index contributed by atoms with van der Waals surface area (Å²) < 4.78 is 0. The van der Waals surface area contributed by atoms with E-state index in [2.05, 4.69) is 16.0 Å². The zero-order valence-electron chi connectivity index (χ0n) is 13.6.